The standard InChI is InChI=1S/C71H118O16P2/c1-4-7-10-13-16-19-22-25-28-30-31-32-33-35-38-39-42-45-48-51-54-57-69(74)81-60-66(72)61-83-88(77,78)84-62-67(73)63-85-89(79,80)86-65-68(87-71(76)59-56-53-50-47-44-41-36-27-24-21-18-15-12-9-6-3)64-82-70(75)58-55-52-49-46-43-40-37-34-29-26-23-20-17-14-11-8-5-2/h7-8,10-11,16-21,25-29,31-32,35-38,40,66-68,72-73H,4-6,9,12-15,22-24,30,33-34,39,41-65H2,1-3H3,(H,77,78)(H,79,80)/b10-7-,11-8-,19-16-,20-17-,21-18-,28-25-,29-26-,32-31-,36-27-,38-35-,40-37-. The van der Waals surface area contributed by atoms with Crippen molar-refractivity contribution in [2.45, 2.75) is 257 Å². The number of ether oxygens (including phenoxy) is 3. The van der Waals surface area contributed by atoms with Crippen LogP contribution in [0.2, 0.25) is 0 Å². The molecule has 0 bridgehead atoms. The largest absolute Gasteiger partial charge is 0.472 e. The molecule has 16 nitrogen and oxygen atoms in total. The zero-order valence-electron chi connectivity index (χ0n) is 54.8. The van der Waals surface area contributed by atoms with Crippen molar-refractivity contribution in [1.29, 1.82) is 0 Å². The summed E-state index contributed by atoms with van der Waals surface area (Å²) in [5, 5.41) is 20.5. The zero-order valence-corrected chi connectivity index (χ0v) is 56.6. The van der Waals surface area contributed by atoms with Crippen molar-refractivity contribution < 1.29 is 75.8 Å². The lowest BCUT2D eigenvalue weighted by atomic mass is 10.1. The Bertz CT molecular complexity index is 2160. The number of hydrogen-bond acceptors (Lipinski definition) is 14. The Balaban J connectivity index is 4.71. The van der Waals surface area contributed by atoms with Gasteiger partial charge in [-0.3, -0.25) is 32.5 Å². The van der Waals surface area contributed by atoms with Gasteiger partial charge in [-0.1, -0.05) is 219 Å². The van der Waals surface area contributed by atoms with E-state index in [4.69, 9.17) is 32.3 Å². The number of hydrogen-bond donors (Lipinski definition) is 4. The molecule has 508 valence electrons. The van der Waals surface area contributed by atoms with Gasteiger partial charge in [0.1, 0.15) is 25.4 Å². The maximum Gasteiger partial charge on any atom is 0.472 e. The molecule has 0 aliphatic heterocycles. The molecule has 0 heterocycles. The first-order valence-electron chi connectivity index (χ1n) is 33.5. The molecule has 89 heavy (non-hydrogen) atoms. The monoisotopic (exact) mass is 1290 g/mol. The summed E-state index contributed by atoms with van der Waals surface area (Å²) < 4.78 is 60.8. The minimum absolute atomic E-state index is 0.0785. The fourth-order valence-corrected chi connectivity index (χ4v) is 9.85. The average Bonchev–Trinajstić information content (AvgIpc) is 3.63. The van der Waals surface area contributed by atoms with E-state index in [9.17, 15) is 43.5 Å². The summed E-state index contributed by atoms with van der Waals surface area (Å²) in [7, 11) is -9.80. The Morgan fingerprint density at radius 2 is 0.596 bits per heavy atom. The number of unbranched alkanes of at least 4 members (excludes halogenated alkanes) is 17. The van der Waals surface area contributed by atoms with Crippen LogP contribution >= 0.6 is 15.6 Å². The van der Waals surface area contributed by atoms with Crippen LogP contribution in [-0.4, -0.2) is 95.9 Å². The summed E-state index contributed by atoms with van der Waals surface area (Å²) in [6.07, 6.45) is 73.6. The van der Waals surface area contributed by atoms with Crippen LogP contribution in [0.3, 0.4) is 0 Å². The van der Waals surface area contributed by atoms with E-state index in [1.165, 1.54) is 19.3 Å². The third-order valence-electron chi connectivity index (χ3n) is 13.3. The van der Waals surface area contributed by atoms with Gasteiger partial charge in [0.25, 0.3) is 0 Å². The van der Waals surface area contributed by atoms with Crippen LogP contribution in [-0.2, 0) is 55.8 Å². The lowest BCUT2D eigenvalue weighted by molar-refractivity contribution is -0.161. The van der Waals surface area contributed by atoms with Crippen molar-refractivity contribution in [3.8, 4) is 0 Å². The minimum atomic E-state index is -4.94. The van der Waals surface area contributed by atoms with Crippen LogP contribution in [0.5, 0.6) is 0 Å². The van der Waals surface area contributed by atoms with E-state index < -0.39 is 91.5 Å². The highest BCUT2D eigenvalue weighted by Crippen LogP contribution is 2.45. The van der Waals surface area contributed by atoms with Crippen LogP contribution in [0.15, 0.2) is 134 Å². The maximum atomic E-state index is 12.9. The van der Waals surface area contributed by atoms with E-state index in [2.05, 4.69) is 154 Å². The molecule has 5 atom stereocenters. The van der Waals surface area contributed by atoms with Gasteiger partial charge in [0.2, 0.25) is 0 Å². The predicted octanol–water partition coefficient (Wildman–Crippen LogP) is 18.4. The number of allylic oxidation sites excluding steroid dienone is 22. The average molecular weight is 1290 g/mol. The Hall–Kier alpha value is -4.31. The number of rotatable bonds is 62. The summed E-state index contributed by atoms with van der Waals surface area (Å²) in [5.74, 6) is -1.64. The van der Waals surface area contributed by atoms with E-state index in [0.29, 0.717) is 19.3 Å². The Labute approximate surface area is 537 Å². The molecule has 0 aliphatic carbocycles. The third kappa shape index (κ3) is 65.0. The number of carbonyl (C=O) groups excluding carboxylic acids is 3. The minimum Gasteiger partial charge on any atom is -0.463 e. The lowest BCUT2D eigenvalue weighted by Gasteiger charge is -2.21. The summed E-state index contributed by atoms with van der Waals surface area (Å²) >= 11 is 0. The number of aliphatic hydroxyl groups is 2. The molecule has 0 amide bonds. The molecule has 0 aromatic carbocycles. The van der Waals surface area contributed by atoms with Gasteiger partial charge in [-0.15, -0.1) is 0 Å². The summed E-state index contributed by atoms with van der Waals surface area (Å²) in [5.41, 5.74) is 0. The highest BCUT2D eigenvalue weighted by Gasteiger charge is 2.29. The van der Waals surface area contributed by atoms with Gasteiger partial charge in [0.15, 0.2) is 6.10 Å². The molecule has 0 aliphatic rings. The quantitative estimate of drug-likeness (QED) is 0.0146. The fourth-order valence-electron chi connectivity index (χ4n) is 8.26. The number of carbonyl (C=O) groups is 3. The van der Waals surface area contributed by atoms with Crippen LogP contribution in [0.4, 0.5) is 0 Å². The third-order valence-corrected chi connectivity index (χ3v) is 15.2. The second kappa shape index (κ2) is 63.8. The topological polar surface area (TPSA) is 231 Å². The molecule has 5 unspecified atom stereocenters. The summed E-state index contributed by atoms with van der Waals surface area (Å²) in [4.78, 5) is 58.3. The summed E-state index contributed by atoms with van der Waals surface area (Å²) in [6.45, 7) is 2.32. The second-order valence-corrected chi connectivity index (χ2v) is 24.8. The predicted molar refractivity (Wildman–Crippen MR) is 362 cm³/mol. The van der Waals surface area contributed by atoms with E-state index in [1.807, 2.05) is 0 Å². The molecular weight excluding hydrogens is 1170 g/mol. The van der Waals surface area contributed by atoms with Crippen molar-refractivity contribution in [2.24, 2.45) is 0 Å². The van der Waals surface area contributed by atoms with Crippen molar-refractivity contribution in [3.05, 3.63) is 134 Å². The first-order chi connectivity index (χ1) is 43.2. The van der Waals surface area contributed by atoms with E-state index >= 15 is 0 Å². The Morgan fingerprint density at radius 1 is 0.326 bits per heavy atom. The molecular formula is C71H118O16P2. The first-order valence-corrected chi connectivity index (χ1v) is 36.5. The highest BCUT2D eigenvalue weighted by molar-refractivity contribution is 7.47. The number of phosphoric acid groups is 2. The van der Waals surface area contributed by atoms with Crippen molar-refractivity contribution in [1.82, 2.24) is 0 Å². The Morgan fingerprint density at radius 3 is 0.944 bits per heavy atom. The van der Waals surface area contributed by atoms with Gasteiger partial charge in [0, 0.05) is 19.3 Å². The van der Waals surface area contributed by atoms with Crippen LogP contribution in [0.25, 0.3) is 0 Å². The Kier molecular flexibility index (Phi) is 60.7. The lowest BCUT2D eigenvalue weighted by Crippen LogP contribution is -2.30. The van der Waals surface area contributed by atoms with Crippen molar-refractivity contribution in [2.75, 3.05) is 39.6 Å². The SMILES string of the molecule is CC/C=C\C/C=C\C/C=C\C/C=C\C/C=C\CCCCCCCC(=O)OCC(O)COP(=O)(O)OCC(O)COP(=O)(O)OCC(COC(=O)CCCCCC/C=C\C/C=C\C/C=C\C/C=C\CC)OC(=O)CCCCCCC/C=C\C/C=C\CCCCC. The molecule has 0 saturated carbocycles. The van der Waals surface area contributed by atoms with Gasteiger partial charge < -0.3 is 34.2 Å². The van der Waals surface area contributed by atoms with Gasteiger partial charge in [0.05, 0.1) is 26.4 Å². The molecule has 0 spiro atoms. The van der Waals surface area contributed by atoms with Crippen LogP contribution in [0, 0.1) is 0 Å². The van der Waals surface area contributed by atoms with Crippen LogP contribution in [0.1, 0.15) is 239 Å². The smallest absolute Gasteiger partial charge is 0.463 e. The van der Waals surface area contributed by atoms with E-state index in [1.54, 1.807) is 0 Å². The number of phosphoric ester groups is 2. The summed E-state index contributed by atoms with van der Waals surface area (Å²) in [6, 6.07) is 0. The van der Waals surface area contributed by atoms with Gasteiger partial charge >= 0.3 is 33.6 Å². The normalized spacial score (nSPS) is 15.1. The maximum absolute atomic E-state index is 12.9. The molecule has 0 aromatic heterocycles. The highest BCUT2D eigenvalue weighted by atomic mass is 31.2. The van der Waals surface area contributed by atoms with E-state index in [0.717, 1.165) is 161 Å². The molecule has 0 aromatic rings. The number of aliphatic hydroxyl groups excluding tert-OH is 2. The zero-order chi connectivity index (χ0) is 65.3. The molecule has 4 N–H and O–H groups in total. The van der Waals surface area contributed by atoms with Crippen molar-refractivity contribution in [3.63, 3.8) is 0 Å². The molecule has 0 fully saturated rings. The molecule has 0 radical (unpaired) electrons. The van der Waals surface area contributed by atoms with Crippen LogP contribution < -0.4 is 0 Å². The molecule has 0 rings (SSSR count). The van der Waals surface area contributed by atoms with Gasteiger partial charge in [-0.2, -0.15) is 0 Å². The van der Waals surface area contributed by atoms with Gasteiger partial charge in [-0.05, 0) is 135 Å². The van der Waals surface area contributed by atoms with Crippen molar-refractivity contribution >= 4 is 33.6 Å². The molecule has 18 heteroatoms. The fraction of sp³-hybridized carbons (Fsp3) is 0.648. The molecule has 0 saturated heterocycles. The second-order valence-electron chi connectivity index (χ2n) is 21.9. The number of esters is 3. The van der Waals surface area contributed by atoms with Gasteiger partial charge in [-0.25, -0.2) is 9.13 Å². The first kappa shape index (κ1) is 84.7. The van der Waals surface area contributed by atoms with E-state index in [-0.39, 0.29) is 19.3 Å².